The third kappa shape index (κ3) is 3.32. The molecule has 0 unspecified atom stereocenters. The summed E-state index contributed by atoms with van der Waals surface area (Å²) in [5, 5.41) is 4.19. The van der Waals surface area contributed by atoms with E-state index >= 15 is 0 Å². The lowest BCUT2D eigenvalue weighted by atomic mass is 10.0. The van der Waals surface area contributed by atoms with Gasteiger partial charge in [0.05, 0.1) is 11.4 Å². The highest BCUT2D eigenvalue weighted by atomic mass is 32.2. The zero-order chi connectivity index (χ0) is 19.8. The Bertz CT molecular complexity index is 1300. The van der Waals surface area contributed by atoms with Gasteiger partial charge in [0.25, 0.3) is 11.1 Å². The van der Waals surface area contributed by atoms with Crippen molar-refractivity contribution in [3.63, 3.8) is 0 Å². The number of hydrogen-bond acceptors (Lipinski definition) is 3. The van der Waals surface area contributed by atoms with E-state index in [1.165, 1.54) is 4.90 Å². The predicted molar refractivity (Wildman–Crippen MR) is 119 cm³/mol. The number of fused-ring (bicyclic) bond motifs is 2. The van der Waals surface area contributed by atoms with Crippen LogP contribution in [-0.4, -0.2) is 16.0 Å². The molecule has 0 aromatic heterocycles. The highest BCUT2D eigenvalue weighted by Gasteiger charge is 2.35. The minimum Gasteiger partial charge on any atom is -0.268 e. The van der Waals surface area contributed by atoms with Gasteiger partial charge in [-0.15, -0.1) is 0 Å². The summed E-state index contributed by atoms with van der Waals surface area (Å²) >= 11 is 1.01. The lowest BCUT2D eigenvalue weighted by molar-refractivity contribution is -0.123. The van der Waals surface area contributed by atoms with Crippen LogP contribution in [0.5, 0.6) is 0 Å². The predicted octanol–water partition coefficient (Wildman–Crippen LogP) is 6.23. The van der Waals surface area contributed by atoms with Gasteiger partial charge < -0.3 is 0 Å². The molecule has 1 aliphatic rings. The van der Waals surface area contributed by atoms with Crippen molar-refractivity contribution in [3.05, 3.63) is 101 Å². The molecule has 1 aliphatic heterocycles. The quantitative estimate of drug-likeness (QED) is 0.386. The number of rotatable bonds is 3. The number of amides is 2. The summed E-state index contributed by atoms with van der Waals surface area (Å²) in [5.41, 5.74) is 1.89. The highest BCUT2D eigenvalue weighted by molar-refractivity contribution is 8.18. The third-order valence-corrected chi connectivity index (χ3v) is 6.05. The molecule has 3 nitrogen and oxygen atoms in total. The standard InChI is InChI=1S/C25H17NO2S/c27-24-23(15-21-10-5-9-19-7-3-4-11-22(19)21)29-25(28)26(24)16-17-12-13-18-6-1-2-8-20(18)14-17/h1-15H,16H2/b23-15-. The van der Waals surface area contributed by atoms with Crippen molar-refractivity contribution in [1.29, 1.82) is 0 Å². The summed E-state index contributed by atoms with van der Waals surface area (Å²) in [6.07, 6.45) is 1.83. The largest absolute Gasteiger partial charge is 0.293 e. The van der Waals surface area contributed by atoms with Gasteiger partial charge in [0.1, 0.15) is 0 Å². The number of thioether (sulfide) groups is 1. The molecule has 5 rings (SSSR count). The molecule has 1 saturated heterocycles. The molecule has 2 amide bonds. The van der Waals surface area contributed by atoms with Crippen LogP contribution in [0, 0.1) is 0 Å². The Labute approximate surface area is 172 Å². The van der Waals surface area contributed by atoms with E-state index in [0.29, 0.717) is 4.91 Å². The number of hydrogen-bond donors (Lipinski definition) is 0. The molecule has 0 aliphatic carbocycles. The average molecular weight is 395 g/mol. The van der Waals surface area contributed by atoms with E-state index in [4.69, 9.17) is 0 Å². The Hall–Kier alpha value is -3.37. The topological polar surface area (TPSA) is 37.4 Å². The summed E-state index contributed by atoms with van der Waals surface area (Å²) in [6, 6.07) is 28.1. The smallest absolute Gasteiger partial charge is 0.268 e. The minimum absolute atomic E-state index is 0.227. The number of carbonyl (C=O) groups excluding carboxylic acids is 2. The van der Waals surface area contributed by atoms with Crippen LogP contribution in [0.4, 0.5) is 4.79 Å². The van der Waals surface area contributed by atoms with E-state index < -0.39 is 0 Å². The monoisotopic (exact) mass is 395 g/mol. The van der Waals surface area contributed by atoms with Gasteiger partial charge in [-0.2, -0.15) is 0 Å². The van der Waals surface area contributed by atoms with Gasteiger partial charge in [0, 0.05) is 0 Å². The van der Waals surface area contributed by atoms with Gasteiger partial charge in [-0.1, -0.05) is 78.9 Å². The molecule has 4 aromatic rings. The Balaban J connectivity index is 1.45. The number of carbonyl (C=O) groups is 2. The number of nitrogens with zero attached hydrogens (tertiary/aromatic N) is 1. The van der Waals surface area contributed by atoms with Crippen LogP contribution in [0.3, 0.4) is 0 Å². The summed E-state index contributed by atoms with van der Waals surface area (Å²) in [6.45, 7) is 0.280. The first-order valence-electron chi connectivity index (χ1n) is 9.40. The maximum atomic E-state index is 12.9. The van der Waals surface area contributed by atoms with Gasteiger partial charge in [-0.05, 0) is 56.6 Å². The maximum absolute atomic E-state index is 12.9. The van der Waals surface area contributed by atoms with Gasteiger partial charge >= 0.3 is 0 Å². The Morgan fingerprint density at radius 1 is 0.759 bits per heavy atom. The molecular weight excluding hydrogens is 378 g/mol. The Morgan fingerprint density at radius 2 is 1.48 bits per heavy atom. The Kier molecular flexibility index (Phi) is 4.41. The van der Waals surface area contributed by atoms with Gasteiger partial charge in [-0.3, -0.25) is 14.5 Å². The van der Waals surface area contributed by atoms with Crippen molar-refractivity contribution in [2.24, 2.45) is 0 Å². The molecule has 1 fully saturated rings. The lowest BCUT2D eigenvalue weighted by Gasteiger charge is -2.13. The molecule has 0 N–H and O–H groups in total. The van der Waals surface area contributed by atoms with Crippen molar-refractivity contribution >= 4 is 50.5 Å². The summed E-state index contributed by atoms with van der Waals surface area (Å²) < 4.78 is 0. The molecular formula is C25H17NO2S. The molecule has 140 valence electrons. The van der Waals surface area contributed by atoms with Crippen LogP contribution in [-0.2, 0) is 11.3 Å². The summed E-state index contributed by atoms with van der Waals surface area (Å²) in [7, 11) is 0. The van der Waals surface area contributed by atoms with Gasteiger partial charge in [-0.25, -0.2) is 0 Å². The zero-order valence-electron chi connectivity index (χ0n) is 15.5. The SMILES string of the molecule is O=C1S/C(=C\c2cccc3ccccc23)C(=O)N1Cc1ccc2ccccc2c1. The number of imide groups is 1. The van der Waals surface area contributed by atoms with E-state index in [0.717, 1.165) is 44.4 Å². The van der Waals surface area contributed by atoms with Crippen LogP contribution in [0.15, 0.2) is 89.8 Å². The molecule has 4 aromatic carbocycles. The number of benzene rings is 4. The highest BCUT2D eigenvalue weighted by Crippen LogP contribution is 2.34. The van der Waals surface area contributed by atoms with Crippen LogP contribution in [0.1, 0.15) is 11.1 Å². The molecule has 0 radical (unpaired) electrons. The van der Waals surface area contributed by atoms with Crippen molar-refractivity contribution in [2.75, 3.05) is 0 Å². The van der Waals surface area contributed by atoms with Crippen LogP contribution >= 0.6 is 11.8 Å². The van der Waals surface area contributed by atoms with Crippen LogP contribution in [0.25, 0.3) is 27.6 Å². The van der Waals surface area contributed by atoms with Gasteiger partial charge in [0.2, 0.25) is 0 Å². The summed E-state index contributed by atoms with van der Waals surface area (Å²) in [5.74, 6) is -0.235. The van der Waals surface area contributed by atoms with Crippen molar-refractivity contribution in [3.8, 4) is 0 Å². The maximum Gasteiger partial charge on any atom is 0.293 e. The second kappa shape index (κ2) is 7.22. The van der Waals surface area contributed by atoms with E-state index in [2.05, 4.69) is 0 Å². The second-order valence-electron chi connectivity index (χ2n) is 7.02. The van der Waals surface area contributed by atoms with Crippen molar-refractivity contribution in [2.45, 2.75) is 6.54 Å². The molecule has 1 heterocycles. The molecule has 0 bridgehead atoms. The lowest BCUT2D eigenvalue weighted by Crippen LogP contribution is -2.27. The third-order valence-electron chi connectivity index (χ3n) is 5.14. The Morgan fingerprint density at radius 3 is 2.34 bits per heavy atom. The van der Waals surface area contributed by atoms with Crippen molar-refractivity contribution in [1.82, 2.24) is 4.90 Å². The first-order valence-corrected chi connectivity index (χ1v) is 10.2. The minimum atomic E-state index is -0.235. The molecule has 0 saturated carbocycles. The fourth-order valence-electron chi connectivity index (χ4n) is 3.67. The van der Waals surface area contributed by atoms with E-state index in [-0.39, 0.29) is 17.7 Å². The first-order chi connectivity index (χ1) is 14.2. The first kappa shape index (κ1) is 17.7. The van der Waals surface area contributed by atoms with Crippen LogP contribution < -0.4 is 0 Å². The fourth-order valence-corrected chi connectivity index (χ4v) is 4.50. The van der Waals surface area contributed by atoms with E-state index in [1.54, 1.807) is 0 Å². The molecule has 29 heavy (non-hydrogen) atoms. The van der Waals surface area contributed by atoms with Gasteiger partial charge in [0.15, 0.2) is 0 Å². The normalized spacial score (nSPS) is 15.7. The fraction of sp³-hybridized carbons (Fsp3) is 0.0400. The summed E-state index contributed by atoms with van der Waals surface area (Å²) in [4.78, 5) is 27.3. The molecule has 0 atom stereocenters. The zero-order valence-corrected chi connectivity index (χ0v) is 16.4. The van der Waals surface area contributed by atoms with Crippen LogP contribution in [0.2, 0.25) is 0 Å². The second-order valence-corrected chi connectivity index (χ2v) is 8.01. The average Bonchev–Trinajstić information content (AvgIpc) is 3.01. The van der Waals surface area contributed by atoms with E-state index in [9.17, 15) is 9.59 Å². The van der Waals surface area contributed by atoms with E-state index in [1.807, 2.05) is 91.0 Å². The van der Waals surface area contributed by atoms with Crippen molar-refractivity contribution < 1.29 is 9.59 Å². The molecule has 4 heteroatoms. The molecule has 0 spiro atoms.